The summed E-state index contributed by atoms with van der Waals surface area (Å²) >= 11 is 0. The summed E-state index contributed by atoms with van der Waals surface area (Å²) in [4.78, 5) is 36.8. The van der Waals surface area contributed by atoms with E-state index in [1.54, 1.807) is 37.3 Å². The summed E-state index contributed by atoms with van der Waals surface area (Å²) in [6.07, 6.45) is 15.6. The van der Waals surface area contributed by atoms with E-state index >= 15 is 0 Å². The van der Waals surface area contributed by atoms with Crippen molar-refractivity contribution < 1.29 is 29.0 Å². The molecular weight excluding hydrogens is 458 g/mol. The lowest BCUT2D eigenvalue weighted by Gasteiger charge is -2.30. The van der Waals surface area contributed by atoms with Crippen LogP contribution in [0.25, 0.3) is 0 Å². The number of ketones is 1. The van der Waals surface area contributed by atoms with Crippen molar-refractivity contribution >= 4 is 17.7 Å². The van der Waals surface area contributed by atoms with Crippen LogP contribution in [0, 0.1) is 0 Å². The van der Waals surface area contributed by atoms with Crippen molar-refractivity contribution in [1.29, 1.82) is 0 Å². The first-order chi connectivity index (χ1) is 17.2. The molecule has 0 aromatic rings. The van der Waals surface area contributed by atoms with Gasteiger partial charge in [0, 0.05) is 25.0 Å². The van der Waals surface area contributed by atoms with Crippen LogP contribution in [0.15, 0.2) is 84.1 Å². The summed E-state index contributed by atoms with van der Waals surface area (Å²) in [5.41, 5.74) is 2.67. The molecule has 4 atom stereocenters. The molecule has 0 aromatic heterocycles. The Morgan fingerprint density at radius 2 is 1.94 bits per heavy atom. The molecule has 0 aromatic carbocycles. The van der Waals surface area contributed by atoms with Crippen LogP contribution in [-0.2, 0) is 23.9 Å². The van der Waals surface area contributed by atoms with E-state index in [4.69, 9.17) is 9.47 Å². The molecule has 2 rings (SSSR count). The van der Waals surface area contributed by atoms with Crippen molar-refractivity contribution in [3.63, 3.8) is 0 Å². The monoisotopic (exact) mass is 495 g/mol. The van der Waals surface area contributed by atoms with E-state index in [1.165, 1.54) is 18.2 Å². The summed E-state index contributed by atoms with van der Waals surface area (Å²) in [5, 5.41) is 13.1. The van der Waals surface area contributed by atoms with Gasteiger partial charge in [0.25, 0.3) is 0 Å². The molecule has 0 saturated carbocycles. The van der Waals surface area contributed by atoms with Crippen molar-refractivity contribution in [2.75, 3.05) is 0 Å². The number of hydrogen-bond donors (Lipinski definition) is 2. The van der Waals surface area contributed by atoms with Gasteiger partial charge in [0.15, 0.2) is 18.1 Å². The van der Waals surface area contributed by atoms with Crippen LogP contribution in [0.4, 0.5) is 0 Å². The number of amides is 1. The highest BCUT2D eigenvalue weighted by Gasteiger charge is 2.26. The predicted molar refractivity (Wildman–Crippen MR) is 140 cm³/mol. The molecule has 0 spiro atoms. The molecule has 2 bridgehead atoms. The third-order valence-electron chi connectivity index (χ3n) is 5.60. The molecule has 1 saturated heterocycles. The molecule has 7 nitrogen and oxygen atoms in total. The Morgan fingerprint density at radius 3 is 2.69 bits per heavy atom. The van der Waals surface area contributed by atoms with E-state index in [0.717, 1.165) is 23.1 Å². The average molecular weight is 496 g/mol. The van der Waals surface area contributed by atoms with E-state index in [1.807, 2.05) is 26.0 Å². The summed E-state index contributed by atoms with van der Waals surface area (Å²) in [5.74, 6) is -1.23. The van der Waals surface area contributed by atoms with E-state index in [-0.39, 0.29) is 30.8 Å². The summed E-state index contributed by atoms with van der Waals surface area (Å²) < 4.78 is 11.7. The molecule has 2 heterocycles. The first-order valence-electron chi connectivity index (χ1n) is 12.2. The van der Waals surface area contributed by atoms with Gasteiger partial charge in [-0.15, -0.1) is 0 Å². The van der Waals surface area contributed by atoms with Crippen LogP contribution in [-0.4, -0.2) is 47.3 Å². The number of aliphatic hydroxyl groups is 1. The number of fused-ring (bicyclic) bond motifs is 2. The lowest BCUT2D eigenvalue weighted by Crippen LogP contribution is -2.44. The van der Waals surface area contributed by atoms with Crippen molar-refractivity contribution in [3.05, 3.63) is 84.1 Å². The Balaban J connectivity index is 2.28. The van der Waals surface area contributed by atoms with Gasteiger partial charge in [-0.2, -0.15) is 0 Å². The molecule has 2 aliphatic heterocycles. The fraction of sp³-hybridized carbons (Fsp3) is 0.414. The molecule has 7 heteroatoms. The Bertz CT molecular complexity index is 997. The minimum Gasteiger partial charge on any atom is -0.454 e. The highest BCUT2D eigenvalue weighted by Crippen LogP contribution is 2.27. The van der Waals surface area contributed by atoms with Crippen LogP contribution in [0.1, 0.15) is 52.9 Å². The van der Waals surface area contributed by atoms with Gasteiger partial charge in [-0.1, -0.05) is 65.8 Å². The van der Waals surface area contributed by atoms with Crippen molar-refractivity contribution in [3.8, 4) is 0 Å². The maximum Gasteiger partial charge on any atom is 0.331 e. The SMILES string of the molecule is C=C1C[C@@H]2C/C=C\C(=O)C/C(C)=C/C=C/C(=O)O[C@H]([C@H](O)NC(=O)/C=C\C=C\C)C/C(C)=C/[C@H](C1)O2. The molecule has 36 heavy (non-hydrogen) atoms. The number of aliphatic hydroxyl groups excluding tert-OH is 1. The fourth-order valence-corrected chi connectivity index (χ4v) is 3.96. The predicted octanol–water partition coefficient (Wildman–Crippen LogP) is 4.33. The minimum absolute atomic E-state index is 0.0369. The van der Waals surface area contributed by atoms with Gasteiger partial charge < -0.3 is 19.9 Å². The maximum absolute atomic E-state index is 12.5. The number of allylic oxidation sites excluding steroid dienone is 7. The van der Waals surface area contributed by atoms with E-state index < -0.39 is 24.2 Å². The second-order valence-electron chi connectivity index (χ2n) is 9.14. The molecule has 1 fully saturated rings. The number of rotatable bonds is 4. The first-order valence-corrected chi connectivity index (χ1v) is 12.2. The van der Waals surface area contributed by atoms with Gasteiger partial charge in [0.1, 0.15) is 0 Å². The van der Waals surface area contributed by atoms with Crippen LogP contribution < -0.4 is 5.32 Å². The maximum atomic E-state index is 12.5. The second kappa shape index (κ2) is 15.0. The van der Waals surface area contributed by atoms with Gasteiger partial charge in [-0.3, -0.25) is 9.59 Å². The number of hydrogen-bond acceptors (Lipinski definition) is 6. The Hall–Kier alpha value is -3.29. The highest BCUT2D eigenvalue weighted by atomic mass is 16.6. The third-order valence-corrected chi connectivity index (χ3v) is 5.60. The van der Waals surface area contributed by atoms with Crippen molar-refractivity contribution in [2.24, 2.45) is 0 Å². The van der Waals surface area contributed by atoms with E-state index in [9.17, 15) is 19.5 Å². The lowest BCUT2D eigenvalue weighted by molar-refractivity contribution is -0.151. The van der Waals surface area contributed by atoms with Gasteiger partial charge in [-0.25, -0.2) is 4.79 Å². The second-order valence-corrected chi connectivity index (χ2v) is 9.14. The van der Waals surface area contributed by atoms with Crippen LogP contribution in [0.2, 0.25) is 0 Å². The lowest BCUT2D eigenvalue weighted by atomic mass is 9.95. The molecular formula is C29H37NO6. The molecule has 1 amide bonds. The van der Waals surface area contributed by atoms with Gasteiger partial charge in [-0.05, 0) is 46.1 Å². The highest BCUT2D eigenvalue weighted by molar-refractivity contribution is 5.91. The fourth-order valence-electron chi connectivity index (χ4n) is 3.96. The third kappa shape index (κ3) is 11.0. The average Bonchev–Trinajstić information content (AvgIpc) is 2.77. The van der Waals surface area contributed by atoms with Crippen LogP contribution >= 0.6 is 0 Å². The molecule has 194 valence electrons. The Kier molecular flexibility index (Phi) is 12.0. The summed E-state index contributed by atoms with van der Waals surface area (Å²) in [7, 11) is 0. The zero-order chi connectivity index (χ0) is 26.5. The first kappa shape index (κ1) is 28.9. The minimum atomic E-state index is -1.42. The van der Waals surface area contributed by atoms with Crippen molar-refractivity contribution in [2.45, 2.75) is 77.4 Å². The standard InChI is InChI=1S/C29H37NO6/c1-5-6-7-13-27(32)30-29(34)26-19-22(4)18-25-17-21(3)16-24(35-25)12-9-11-23(31)15-20(2)10-8-14-28(33)36-26/h5-11,13-14,18,24-26,29,34H,3,12,15-17,19H2,1-2,4H3,(H,30,32)/b6-5+,11-9-,13-7-,14-8+,20-10+,22-18+/t24-,25-,26-,29-/m0/s1. The van der Waals surface area contributed by atoms with E-state index in [0.29, 0.717) is 12.8 Å². The molecule has 0 aliphatic carbocycles. The van der Waals surface area contributed by atoms with E-state index in [2.05, 4.69) is 11.9 Å². The largest absolute Gasteiger partial charge is 0.454 e. The Labute approximate surface area is 213 Å². The number of ether oxygens (including phenoxy) is 2. The number of nitrogens with one attached hydrogen (secondary N) is 1. The number of carbonyl (C=O) groups is 3. The zero-order valence-electron chi connectivity index (χ0n) is 21.3. The smallest absolute Gasteiger partial charge is 0.331 e. The van der Waals surface area contributed by atoms with Crippen LogP contribution in [0.3, 0.4) is 0 Å². The summed E-state index contributed by atoms with van der Waals surface area (Å²) in [6, 6.07) is 0. The van der Waals surface area contributed by atoms with Crippen molar-refractivity contribution in [1.82, 2.24) is 5.32 Å². The van der Waals surface area contributed by atoms with Gasteiger partial charge in [0.05, 0.1) is 12.2 Å². The molecule has 2 aliphatic rings. The topological polar surface area (TPSA) is 102 Å². The zero-order valence-corrected chi connectivity index (χ0v) is 21.3. The summed E-state index contributed by atoms with van der Waals surface area (Å²) in [6.45, 7) is 9.61. The number of cyclic esters (lactones) is 1. The van der Waals surface area contributed by atoms with Gasteiger partial charge in [0.2, 0.25) is 5.91 Å². The number of esters is 1. The number of carbonyl (C=O) groups excluding carboxylic acids is 3. The quantitative estimate of drug-likeness (QED) is 0.198. The normalized spacial score (nSPS) is 30.3. The Morgan fingerprint density at radius 1 is 1.17 bits per heavy atom. The molecule has 0 unspecified atom stereocenters. The van der Waals surface area contributed by atoms with Gasteiger partial charge >= 0.3 is 5.97 Å². The molecule has 0 radical (unpaired) electrons. The molecule has 2 N–H and O–H groups in total. The van der Waals surface area contributed by atoms with Crippen LogP contribution in [0.5, 0.6) is 0 Å².